The van der Waals surface area contributed by atoms with E-state index in [0.717, 1.165) is 49.1 Å². The highest BCUT2D eigenvalue weighted by Gasteiger charge is 2.28. The Balaban J connectivity index is 1.65. The van der Waals surface area contributed by atoms with Crippen molar-refractivity contribution in [2.75, 3.05) is 20.1 Å². The van der Waals surface area contributed by atoms with Crippen LogP contribution in [-0.2, 0) is 13.0 Å². The quantitative estimate of drug-likeness (QED) is 0.576. The highest BCUT2D eigenvalue weighted by Crippen LogP contribution is 2.30. The van der Waals surface area contributed by atoms with Crippen molar-refractivity contribution in [1.29, 1.82) is 0 Å². The largest absolute Gasteiger partial charge is 0.317 e. The van der Waals surface area contributed by atoms with Gasteiger partial charge in [0.2, 0.25) is 0 Å². The molecular weight excluding hydrogens is 304 g/mol. The minimum absolute atomic E-state index is 0.416. The molecule has 0 bridgehead atoms. The Morgan fingerprint density at radius 1 is 1.42 bits per heavy atom. The average Bonchev–Trinajstić information content (AvgIpc) is 2.59. The monoisotopic (exact) mass is 332 g/mol. The molecule has 6 heteroatoms. The molecule has 1 fully saturated rings. The standard InChI is InChI=1S/C18H28N4O2/c1-12-5-13(7-16(6-12)19-2)10-22-4-3-17-15(11-22)8-14(9-20-17)18(23)21-24/h8-9,12-13,16,19,24H,3-7,10-11H2,1-2H3,(H,21,23). The fraction of sp³-hybridized carbons (Fsp3) is 0.667. The predicted octanol–water partition coefficient (Wildman–Crippen LogP) is 1.58. The van der Waals surface area contributed by atoms with E-state index in [9.17, 15) is 4.79 Å². The van der Waals surface area contributed by atoms with Crippen LogP contribution in [0.15, 0.2) is 12.3 Å². The van der Waals surface area contributed by atoms with E-state index >= 15 is 0 Å². The van der Waals surface area contributed by atoms with Crippen molar-refractivity contribution in [3.8, 4) is 0 Å². The van der Waals surface area contributed by atoms with Gasteiger partial charge in [-0.3, -0.25) is 19.9 Å². The molecule has 3 rings (SSSR count). The smallest absolute Gasteiger partial charge is 0.276 e. The number of nitrogens with one attached hydrogen (secondary N) is 2. The van der Waals surface area contributed by atoms with Gasteiger partial charge in [0.25, 0.3) is 5.91 Å². The number of nitrogens with zero attached hydrogens (tertiary/aromatic N) is 2. The summed E-state index contributed by atoms with van der Waals surface area (Å²) in [6.07, 6.45) is 6.29. The summed E-state index contributed by atoms with van der Waals surface area (Å²) >= 11 is 0. The molecule has 1 amide bonds. The third-order valence-electron chi connectivity index (χ3n) is 5.45. The maximum Gasteiger partial charge on any atom is 0.276 e. The lowest BCUT2D eigenvalue weighted by molar-refractivity contribution is 0.0705. The molecule has 2 heterocycles. The number of carbonyl (C=O) groups excluding carboxylic acids is 1. The van der Waals surface area contributed by atoms with Crippen molar-refractivity contribution in [2.45, 2.75) is 45.2 Å². The van der Waals surface area contributed by atoms with Gasteiger partial charge in [-0.2, -0.15) is 0 Å². The van der Waals surface area contributed by atoms with E-state index < -0.39 is 5.91 Å². The zero-order valence-electron chi connectivity index (χ0n) is 14.6. The Bertz CT molecular complexity index is 592. The first-order valence-corrected chi connectivity index (χ1v) is 8.91. The highest BCUT2D eigenvalue weighted by atomic mass is 16.5. The van der Waals surface area contributed by atoms with Gasteiger partial charge in [-0.1, -0.05) is 6.92 Å². The Morgan fingerprint density at radius 3 is 3.00 bits per heavy atom. The number of amides is 1. The molecule has 1 aliphatic heterocycles. The molecule has 1 aromatic rings. The van der Waals surface area contributed by atoms with E-state index in [2.05, 4.69) is 29.2 Å². The molecule has 3 unspecified atom stereocenters. The molecular formula is C18H28N4O2. The Labute approximate surface area is 143 Å². The van der Waals surface area contributed by atoms with Gasteiger partial charge < -0.3 is 5.32 Å². The lowest BCUT2D eigenvalue weighted by Crippen LogP contribution is -2.41. The molecule has 2 aliphatic rings. The van der Waals surface area contributed by atoms with Crippen molar-refractivity contribution in [1.82, 2.24) is 20.7 Å². The molecule has 0 radical (unpaired) electrons. The van der Waals surface area contributed by atoms with Crippen molar-refractivity contribution in [3.63, 3.8) is 0 Å². The first-order valence-electron chi connectivity index (χ1n) is 8.91. The predicted molar refractivity (Wildman–Crippen MR) is 91.8 cm³/mol. The molecule has 24 heavy (non-hydrogen) atoms. The summed E-state index contributed by atoms with van der Waals surface area (Å²) in [7, 11) is 2.07. The van der Waals surface area contributed by atoms with Gasteiger partial charge >= 0.3 is 0 Å². The SMILES string of the molecule is CNC1CC(C)CC(CN2CCc3ncc(C(=O)NO)cc3C2)C1. The summed E-state index contributed by atoms with van der Waals surface area (Å²) in [5.74, 6) is 1.00. The van der Waals surface area contributed by atoms with Crippen LogP contribution >= 0.6 is 0 Å². The van der Waals surface area contributed by atoms with Crippen LogP contribution in [0.1, 0.15) is 47.8 Å². The van der Waals surface area contributed by atoms with Crippen molar-refractivity contribution >= 4 is 5.91 Å². The van der Waals surface area contributed by atoms with Crippen molar-refractivity contribution in [3.05, 3.63) is 29.1 Å². The molecule has 132 valence electrons. The van der Waals surface area contributed by atoms with Gasteiger partial charge in [-0.15, -0.1) is 0 Å². The van der Waals surface area contributed by atoms with Crippen LogP contribution < -0.4 is 10.8 Å². The van der Waals surface area contributed by atoms with Gasteiger partial charge in [-0.05, 0) is 49.8 Å². The van der Waals surface area contributed by atoms with E-state index in [0.29, 0.717) is 11.6 Å². The third kappa shape index (κ3) is 3.94. The molecule has 1 saturated carbocycles. The maximum absolute atomic E-state index is 11.6. The van der Waals surface area contributed by atoms with E-state index in [-0.39, 0.29) is 0 Å². The summed E-state index contributed by atoms with van der Waals surface area (Å²) in [5, 5.41) is 12.2. The van der Waals surface area contributed by atoms with Crippen LogP contribution in [0.5, 0.6) is 0 Å². The second-order valence-corrected chi connectivity index (χ2v) is 7.42. The van der Waals surface area contributed by atoms with Crippen LogP contribution in [0.4, 0.5) is 0 Å². The number of carbonyl (C=O) groups is 1. The second kappa shape index (κ2) is 7.59. The summed E-state index contributed by atoms with van der Waals surface area (Å²) in [6.45, 7) is 5.33. The van der Waals surface area contributed by atoms with Gasteiger partial charge in [0.15, 0.2) is 0 Å². The van der Waals surface area contributed by atoms with Crippen LogP contribution in [0.2, 0.25) is 0 Å². The van der Waals surface area contributed by atoms with E-state index in [1.54, 1.807) is 11.7 Å². The van der Waals surface area contributed by atoms with Crippen LogP contribution in [0.3, 0.4) is 0 Å². The van der Waals surface area contributed by atoms with E-state index in [1.165, 1.54) is 19.3 Å². The molecule has 3 atom stereocenters. The fourth-order valence-electron chi connectivity index (χ4n) is 4.32. The zero-order valence-corrected chi connectivity index (χ0v) is 14.6. The molecule has 1 aromatic heterocycles. The number of aromatic nitrogens is 1. The fourth-order valence-corrected chi connectivity index (χ4v) is 4.32. The van der Waals surface area contributed by atoms with Crippen LogP contribution in [0, 0.1) is 11.8 Å². The van der Waals surface area contributed by atoms with Gasteiger partial charge in [0.05, 0.1) is 5.56 Å². The third-order valence-corrected chi connectivity index (χ3v) is 5.45. The van der Waals surface area contributed by atoms with Crippen molar-refractivity contribution in [2.24, 2.45) is 11.8 Å². The Hall–Kier alpha value is -1.50. The van der Waals surface area contributed by atoms with Crippen LogP contribution in [0.25, 0.3) is 0 Å². The van der Waals surface area contributed by atoms with E-state index in [4.69, 9.17) is 5.21 Å². The topological polar surface area (TPSA) is 77.5 Å². The number of hydroxylamine groups is 1. The summed E-state index contributed by atoms with van der Waals surface area (Å²) in [5.41, 5.74) is 4.28. The maximum atomic E-state index is 11.6. The number of pyridine rings is 1. The summed E-state index contributed by atoms with van der Waals surface area (Å²) < 4.78 is 0. The Kier molecular flexibility index (Phi) is 5.48. The van der Waals surface area contributed by atoms with Gasteiger partial charge in [-0.25, -0.2) is 5.48 Å². The molecule has 1 aliphatic carbocycles. The minimum Gasteiger partial charge on any atom is -0.317 e. The lowest BCUT2D eigenvalue weighted by Gasteiger charge is -2.37. The molecule has 6 nitrogen and oxygen atoms in total. The number of rotatable bonds is 4. The Morgan fingerprint density at radius 2 is 2.25 bits per heavy atom. The highest BCUT2D eigenvalue weighted by molar-refractivity contribution is 5.93. The zero-order chi connectivity index (χ0) is 17.1. The summed E-state index contributed by atoms with van der Waals surface area (Å²) in [6, 6.07) is 2.50. The molecule has 0 spiro atoms. The lowest BCUT2D eigenvalue weighted by atomic mass is 9.79. The first kappa shape index (κ1) is 17.3. The van der Waals surface area contributed by atoms with Crippen molar-refractivity contribution < 1.29 is 10.0 Å². The number of fused-ring (bicyclic) bond motifs is 1. The minimum atomic E-state index is -0.500. The molecule has 0 aromatic carbocycles. The summed E-state index contributed by atoms with van der Waals surface area (Å²) in [4.78, 5) is 18.5. The first-order chi connectivity index (χ1) is 11.6. The molecule has 3 N–H and O–H groups in total. The van der Waals surface area contributed by atoms with Gasteiger partial charge in [0.1, 0.15) is 0 Å². The normalized spacial score (nSPS) is 27.5. The average molecular weight is 332 g/mol. The van der Waals surface area contributed by atoms with Gasteiger partial charge in [0, 0.05) is 44.0 Å². The van der Waals surface area contributed by atoms with E-state index in [1.807, 2.05) is 6.07 Å². The number of hydrogen-bond donors (Lipinski definition) is 3. The number of hydrogen-bond acceptors (Lipinski definition) is 5. The van der Waals surface area contributed by atoms with Crippen LogP contribution in [-0.4, -0.2) is 47.2 Å². The second-order valence-electron chi connectivity index (χ2n) is 7.42. The molecule has 0 saturated heterocycles.